The number of nitro benzene ring substituents is 1. The van der Waals surface area contributed by atoms with Crippen molar-refractivity contribution in [2.75, 3.05) is 19.0 Å². The van der Waals surface area contributed by atoms with Crippen molar-refractivity contribution < 1.29 is 14.5 Å². The summed E-state index contributed by atoms with van der Waals surface area (Å²) < 4.78 is 4.44. The molecule has 1 heterocycles. The number of rotatable bonds is 4. The zero-order valence-corrected chi connectivity index (χ0v) is 10.4. The highest BCUT2D eigenvalue weighted by Gasteiger charge is 2.17. The second kappa shape index (κ2) is 5.34. The molecular formula is C11H10N4O5. The van der Waals surface area contributed by atoms with Gasteiger partial charge in [0.25, 0.3) is 11.2 Å². The van der Waals surface area contributed by atoms with E-state index in [1.807, 2.05) is 0 Å². The maximum absolute atomic E-state index is 11.6. The lowest BCUT2D eigenvalue weighted by Gasteiger charge is -2.06. The van der Waals surface area contributed by atoms with Crippen LogP contribution in [0.25, 0.3) is 10.9 Å². The van der Waals surface area contributed by atoms with Crippen LogP contribution in [0.15, 0.2) is 23.3 Å². The number of esters is 1. The van der Waals surface area contributed by atoms with E-state index in [0.717, 1.165) is 6.07 Å². The van der Waals surface area contributed by atoms with Crippen LogP contribution >= 0.6 is 0 Å². The fraction of sp³-hybridized carbons (Fsp3) is 0.182. The van der Waals surface area contributed by atoms with E-state index in [9.17, 15) is 19.7 Å². The van der Waals surface area contributed by atoms with Crippen LogP contribution in [0.4, 0.5) is 11.4 Å². The molecule has 9 nitrogen and oxygen atoms in total. The van der Waals surface area contributed by atoms with Gasteiger partial charge in [-0.05, 0) is 6.07 Å². The minimum Gasteiger partial charge on any atom is -0.468 e. The summed E-state index contributed by atoms with van der Waals surface area (Å²) in [5, 5.41) is 13.7. The number of aromatic nitrogens is 2. The van der Waals surface area contributed by atoms with Gasteiger partial charge in [0.1, 0.15) is 12.2 Å². The summed E-state index contributed by atoms with van der Waals surface area (Å²) in [6.45, 7) is -0.230. The molecule has 0 amide bonds. The Kier molecular flexibility index (Phi) is 3.60. The average molecular weight is 278 g/mol. The van der Waals surface area contributed by atoms with Crippen molar-refractivity contribution in [2.45, 2.75) is 0 Å². The molecule has 0 fully saturated rings. The first-order chi connectivity index (χ1) is 9.52. The molecule has 1 aromatic heterocycles. The maximum Gasteiger partial charge on any atom is 0.325 e. The highest BCUT2D eigenvalue weighted by atomic mass is 16.6. The summed E-state index contributed by atoms with van der Waals surface area (Å²) in [5.74, 6) is -0.571. The van der Waals surface area contributed by atoms with Crippen molar-refractivity contribution in [3.8, 4) is 0 Å². The Morgan fingerprint density at radius 2 is 2.30 bits per heavy atom. The largest absolute Gasteiger partial charge is 0.468 e. The molecule has 0 saturated heterocycles. The number of aromatic amines is 1. The number of hydrogen-bond acceptors (Lipinski definition) is 7. The summed E-state index contributed by atoms with van der Waals surface area (Å²) >= 11 is 0. The van der Waals surface area contributed by atoms with Crippen molar-refractivity contribution in [1.82, 2.24) is 9.97 Å². The molecule has 0 spiro atoms. The molecular weight excluding hydrogens is 268 g/mol. The fourth-order valence-corrected chi connectivity index (χ4v) is 1.64. The molecule has 20 heavy (non-hydrogen) atoms. The van der Waals surface area contributed by atoms with Gasteiger partial charge in [0, 0.05) is 6.07 Å². The Hall–Kier alpha value is -2.97. The average Bonchev–Trinajstić information content (AvgIpc) is 2.44. The summed E-state index contributed by atoms with van der Waals surface area (Å²) in [6, 6.07) is 2.45. The van der Waals surface area contributed by atoms with Crippen molar-refractivity contribution in [1.29, 1.82) is 0 Å². The third-order valence-corrected chi connectivity index (χ3v) is 2.61. The number of hydrogen-bond donors (Lipinski definition) is 2. The number of nitro groups is 1. The number of anilines is 1. The Bertz CT molecular complexity index is 739. The quantitative estimate of drug-likeness (QED) is 0.471. The molecule has 104 valence electrons. The molecule has 0 atom stereocenters. The molecule has 1 aromatic carbocycles. The zero-order chi connectivity index (χ0) is 14.7. The first-order valence-electron chi connectivity index (χ1n) is 5.49. The molecule has 2 aromatic rings. The van der Waals surface area contributed by atoms with Gasteiger partial charge in [-0.2, -0.15) is 0 Å². The normalized spacial score (nSPS) is 10.2. The van der Waals surface area contributed by atoms with Gasteiger partial charge >= 0.3 is 5.97 Å². The van der Waals surface area contributed by atoms with Crippen molar-refractivity contribution >= 4 is 28.2 Å². The smallest absolute Gasteiger partial charge is 0.325 e. The van der Waals surface area contributed by atoms with Crippen LogP contribution in [0.1, 0.15) is 0 Å². The fourth-order valence-electron chi connectivity index (χ4n) is 1.64. The molecule has 9 heteroatoms. The van der Waals surface area contributed by atoms with Gasteiger partial charge in [-0.15, -0.1) is 0 Å². The van der Waals surface area contributed by atoms with Crippen LogP contribution in [0, 0.1) is 10.1 Å². The second-order valence-electron chi connectivity index (χ2n) is 3.80. The van der Waals surface area contributed by atoms with E-state index in [-0.39, 0.29) is 28.8 Å². The van der Waals surface area contributed by atoms with Crippen LogP contribution in [-0.4, -0.2) is 34.5 Å². The topological polar surface area (TPSA) is 127 Å². The molecule has 0 saturated carbocycles. The van der Waals surface area contributed by atoms with Gasteiger partial charge in [0.05, 0.1) is 29.3 Å². The monoisotopic (exact) mass is 278 g/mol. The number of fused-ring (bicyclic) bond motifs is 1. The Morgan fingerprint density at radius 3 is 2.95 bits per heavy atom. The van der Waals surface area contributed by atoms with Gasteiger partial charge in [0.2, 0.25) is 0 Å². The van der Waals surface area contributed by atoms with Crippen LogP contribution in [0.3, 0.4) is 0 Å². The number of carbonyl (C=O) groups excluding carboxylic acids is 1. The molecule has 0 unspecified atom stereocenters. The van der Waals surface area contributed by atoms with E-state index >= 15 is 0 Å². The van der Waals surface area contributed by atoms with E-state index in [1.54, 1.807) is 0 Å². The van der Waals surface area contributed by atoms with Crippen LogP contribution < -0.4 is 10.9 Å². The minimum atomic E-state index is -0.647. The Labute approximate surface area is 111 Å². The summed E-state index contributed by atoms with van der Waals surface area (Å²) in [6.07, 6.45) is 1.20. The third kappa shape index (κ3) is 2.55. The maximum atomic E-state index is 11.6. The van der Waals surface area contributed by atoms with E-state index in [0.29, 0.717) is 0 Å². The summed E-state index contributed by atoms with van der Waals surface area (Å²) in [7, 11) is 1.21. The lowest BCUT2D eigenvalue weighted by atomic mass is 10.2. The number of ether oxygens (including phenoxy) is 1. The number of H-pyrrole nitrogens is 1. The predicted octanol–water partition coefficient (Wildman–Crippen LogP) is 0.416. The van der Waals surface area contributed by atoms with Crippen molar-refractivity contribution in [3.63, 3.8) is 0 Å². The molecule has 0 aliphatic rings. The summed E-state index contributed by atoms with van der Waals surface area (Å²) in [4.78, 5) is 39.2. The van der Waals surface area contributed by atoms with E-state index in [1.165, 1.54) is 19.5 Å². The molecule has 0 bridgehead atoms. The molecule has 2 rings (SSSR count). The summed E-state index contributed by atoms with van der Waals surface area (Å²) in [5.41, 5.74) is -0.421. The van der Waals surface area contributed by atoms with Crippen LogP contribution in [0.5, 0.6) is 0 Å². The van der Waals surface area contributed by atoms with Crippen molar-refractivity contribution in [2.24, 2.45) is 0 Å². The molecule has 0 aliphatic carbocycles. The lowest BCUT2D eigenvalue weighted by molar-refractivity contribution is -0.383. The van der Waals surface area contributed by atoms with Gasteiger partial charge in [0.15, 0.2) is 0 Å². The highest BCUT2D eigenvalue weighted by Crippen LogP contribution is 2.27. The van der Waals surface area contributed by atoms with E-state index < -0.39 is 16.5 Å². The van der Waals surface area contributed by atoms with Gasteiger partial charge in [-0.25, -0.2) is 4.98 Å². The van der Waals surface area contributed by atoms with Crippen LogP contribution in [-0.2, 0) is 9.53 Å². The lowest BCUT2D eigenvalue weighted by Crippen LogP contribution is -2.16. The Balaban J connectivity index is 2.51. The van der Waals surface area contributed by atoms with Crippen molar-refractivity contribution in [3.05, 3.63) is 38.9 Å². The molecule has 2 N–H and O–H groups in total. The molecule has 0 aliphatic heterocycles. The minimum absolute atomic E-state index is 0.0889. The van der Waals surface area contributed by atoms with Gasteiger partial charge in [-0.3, -0.25) is 19.7 Å². The third-order valence-electron chi connectivity index (χ3n) is 2.61. The Morgan fingerprint density at radius 1 is 1.55 bits per heavy atom. The number of carbonyl (C=O) groups is 1. The van der Waals surface area contributed by atoms with Crippen LogP contribution in [0.2, 0.25) is 0 Å². The number of methoxy groups -OCH3 is 1. The number of nitrogens with one attached hydrogen (secondary N) is 2. The first-order valence-corrected chi connectivity index (χ1v) is 5.49. The number of benzene rings is 1. The predicted molar refractivity (Wildman–Crippen MR) is 69.5 cm³/mol. The van der Waals surface area contributed by atoms with Gasteiger partial charge < -0.3 is 15.0 Å². The second-order valence-corrected chi connectivity index (χ2v) is 3.80. The molecule has 0 radical (unpaired) electrons. The van der Waals surface area contributed by atoms with Gasteiger partial charge in [-0.1, -0.05) is 0 Å². The van der Waals surface area contributed by atoms with E-state index in [4.69, 9.17) is 0 Å². The number of nitrogens with zero attached hydrogens (tertiary/aromatic N) is 2. The zero-order valence-electron chi connectivity index (χ0n) is 10.4. The standard InChI is InChI=1S/C11H10N4O5/c1-20-10(16)4-12-8-3-7-6(2-9(8)15(18)19)11(17)14-5-13-7/h2-3,5,12H,4H2,1H3,(H,13,14,17). The first kappa shape index (κ1) is 13.5. The highest BCUT2D eigenvalue weighted by molar-refractivity contribution is 5.87. The van der Waals surface area contributed by atoms with E-state index in [2.05, 4.69) is 20.0 Å². The SMILES string of the molecule is COC(=O)CNc1cc2nc[nH]c(=O)c2cc1[N+](=O)[O-].